The van der Waals surface area contributed by atoms with Gasteiger partial charge < -0.3 is 9.52 Å². The molecular formula is C9H10O4. The first-order valence-electron chi connectivity index (χ1n) is 3.82. The molecule has 0 unspecified atom stereocenters. The van der Waals surface area contributed by atoms with Crippen LogP contribution in [-0.2, 0) is 11.2 Å². The molecule has 1 rings (SSSR count). The molecule has 1 aromatic rings. The molecule has 0 radical (unpaired) electrons. The fraction of sp³-hybridized carbons (Fsp3) is 0.333. The molecule has 1 heterocycles. The molecular weight excluding hydrogens is 172 g/mol. The Bertz CT molecular complexity index is 389. The molecule has 4 heteroatoms. The molecule has 13 heavy (non-hydrogen) atoms. The van der Waals surface area contributed by atoms with Crippen LogP contribution < -0.4 is 5.63 Å². The van der Waals surface area contributed by atoms with Crippen molar-refractivity contribution in [2.24, 2.45) is 0 Å². The van der Waals surface area contributed by atoms with Crippen molar-refractivity contribution in [1.82, 2.24) is 0 Å². The largest absolute Gasteiger partial charge is 0.481 e. The second-order valence-corrected chi connectivity index (χ2v) is 2.88. The van der Waals surface area contributed by atoms with E-state index in [2.05, 4.69) is 0 Å². The van der Waals surface area contributed by atoms with Crippen LogP contribution in [0.1, 0.15) is 16.9 Å². The van der Waals surface area contributed by atoms with Crippen LogP contribution in [0.2, 0.25) is 0 Å². The predicted octanol–water partition coefficient (Wildman–Crippen LogP) is 0.884. The number of carboxylic acid groups (broad SMARTS) is 1. The van der Waals surface area contributed by atoms with Gasteiger partial charge in [0.2, 0.25) is 0 Å². The zero-order valence-corrected chi connectivity index (χ0v) is 7.46. The van der Waals surface area contributed by atoms with Gasteiger partial charge in [-0.2, -0.15) is 0 Å². The summed E-state index contributed by atoms with van der Waals surface area (Å²) in [6.45, 7) is 3.39. The summed E-state index contributed by atoms with van der Waals surface area (Å²) in [6.07, 6.45) is -0.254. The Balaban J connectivity index is 3.13. The van der Waals surface area contributed by atoms with Crippen molar-refractivity contribution in [3.8, 4) is 0 Å². The Labute approximate surface area is 74.8 Å². The highest BCUT2D eigenvalue weighted by Crippen LogP contribution is 2.05. The topological polar surface area (TPSA) is 67.5 Å². The third-order valence-electron chi connectivity index (χ3n) is 1.82. The molecule has 0 aliphatic carbocycles. The molecule has 0 fully saturated rings. The fourth-order valence-corrected chi connectivity index (χ4v) is 0.972. The smallest absolute Gasteiger partial charge is 0.339 e. The van der Waals surface area contributed by atoms with Gasteiger partial charge in [0, 0.05) is 5.56 Å². The minimum Gasteiger partial charge on any atom is -0.481 e. The average molecular weight is 182 g/mol. The van der Waals surface area contributed by atoms with Crippen molar-refractivity contribution in [2.45, 2.75) is 20.3 Å². The van der Waals surface area contributed by atoms with E-state index in [0.29, 0.717) is 5.56 Å². The molecule has 0 aliphatic rings. The maximum absolute atomic E-state index is 11.1. The summed E-state index contributed by atoms with van der Waals surface area (Å²) >= 11 is 0. The number of rotatable bonds is 2. The van der Waals surface area contributed by atoms with Crippen LogP contribution in [0.15, 0.2) is 15.3 Å². The summed E-state index contributed by atoms with van der Waals surface area (Å²) in [5.41, 5.74) is 0.817. The van der Waals surface area contributed by atoms with Gasteiger partial charge in [-0.1, -0.05) is 0 Å². The van der Waals surface area contributed by atoms with Gasteiger partial charge in [-0.25, -0.2) is 4.79 Å². The molecule has 0 aromatic carbocycles. The van der Waals surface area contributed by atoms with Gasteiger partial charge in [0.15, 0.2) is 0 Å². The quantitative estimate of drug-likeness (QED) is 0.737. The molecule has 0 saturated heterocycles. The molecule has 70 valence electrons. The zero-order chi connectivity index (χ0) is 10.0. The van der Waals surface area contributed by atoms with Crippen LogP contribution in [0.25, 0.3) is 0 Å². The van der Waals surface area contributed by atoms with E-state index in [4.69, 9.17) is 9.52 Å². The van der Waals surface area contributed by atoms with Crippen molar-refractivity contribution in [1.29, 1.82) is 0 Å². The maximum atomic E-state index is 11.1. The summed E-state index contributed by atoms with van der Waals surface area (Å²) in [7, 11) is 0. The normalized spacial score (nSPS) is 10.0. The van der Waals surface area contributed by atoms with Gasteiger partial charge in [-0.15, -0.1) is 0 Å². The summed E-state index contributed by atoms with van der Waals surface area (Å²) in [4.78, 5) is 21.4. The van der Waals surface area contributed by atoms with Crippen molar-refractivity contribution >= 4 is 5.97 Å². The monoisotopic (exact) mass is 182 g/mol. The van der Waals surface area contributed by atoms with E-state index < -0.39 is 11.6 Å². The highest BCUT2D eigenvalue weighted by molar-refractivity contribution is 5.69. The number of hydrogen-bond donors (Lipinski definition) is 1. The highest BCUT2D eigenvalue weighted by atomic mass is 16.4. The van der Waals surface area contributed by atoms with Gasteiger partial charge in [0.05, 0.1) is 0 Å². The fourth-order valence-electron chi connectivity index (χ4n) is 0.972. The lowest BCUT2D eigenvalue weighted by atomic mass is 10.1. The maximum Gasteiger partial charge on any atom is 0.339 e. The SMILES string of the molecule is Cc1cc(CC(=O)O)oc(=O)c1C. The molecule has 0 saturated carbocycles. The molecule has 0 amide bonds. The molecule has 4 nitrogen and oxygen atoms in total. The van der Waals surface area contributed by atoms with Gasteiger partial charge >= 0.3 is 11.6 Å². The lowest BCUT2D eigenvalue weighted by molar-refractivity contribution is -0.136. The third kappa shape index (κ3) is 2.18. The van der Waals surface area contributed by atoms with Crippen molar-refractivity contribution in [3.63, 3.8) is 0 Å². The number of carboxylic acids is 1. The molecule has 1 aromatic heterocycles. The molecule has 0 atom stereocenters. The first-order valence-corrected chi connectivity index (χ1v) is 3.82. The molecule has 0 spiro atoms. The third-order valence-corrected chi connectivity index (χ3v) is 1.82. The Morgan fingerprint density at radius 1 is 1.54 bits per heavy atom. The van der Waals surface area contributed by atoms with Crippen molar-refractivity contribution in [3.05, 3.63) is 33.4 Å². The average Bonchev–Trinajstić information content (AvgIpc) is 1.98. The van der Waals surface area contributed by atoms with Crippen molar-refractivity contribution < 1.29 is 14.3 Å². The lowest BCUT2D eigenvalue weighted by Crippen LogP contribution is -2.10. The van der Waals surface area contributed by atoms with Gasteiger partial charge in [0.25, 0.3) is 0 Å². The van der Waals surface area contributed by atoms with E-state index in [1.165, 1.54) is 0 Å². The van der Waals surface area contributed by atoms with E-state index in [1.807, 2.05) is 0 Å². The minimum atomic E-state index is -1.01. The van der Waals surface area contributed by atoms with Gasteiger partial charge in [-0.05, 0) is 25.5 Å². The summed E-state index contributed by atoms with van der Waals surface area (Å²) < 4.78 is 4.76. The Hall–Kier alpha value is -1.58. The van der Waals surface area contributed by atoms with Crippen LogP contribution in [-0.4, -0.2) is 11.1 Å². The summed E-state index contributed by atoms with van der Waals surface area (Å²) in [5, 5.41) is 8.46. The van der Waals surface area contributed by atoms with Gasteiger partial charge in [0.1, 0.15) is 12.2 Å². The van der Waals surface area contributed by atoms with Crippen molar-refractivity contribution in [2.75, 3.05) is 0 Å². The summed E-state index contributed by atoms with van der Waals surface area (Å²) in [5.74, 6) is -0.813. The summed E-state index contributed by atoms with van der Waals surface area (Å²) in [6, 6.07) is 1.57. The van der Waals surface area contributed by atoms with Crippen LogP contribution >= 0.6 is 0 Å². The minimum absolute atomic E-state index is 0.195. The number of aliphatic carboxylic acids is 1. The predicted molar refractivity (Wildman–Crippen MR) is 45.8 cm³/mol. The number of hydrogen-bond acceptors (Lipinski definition) is 3. The standard InChI is InChI=1S/C9H10O4/c1-5-3-7(4-8(10)11)13-9(12)6(5)2/h3H,4H2,1-2H3,(H,10,11). The van der Waals surface area contributed by atoms with Crippen LogP contribution in [0, 0.1) is 13.8 Å². The van der Waals surface area contributed by atoms with Crippen LogP contribution in [0.5, 0.6) is 0 Å². The van der Waals surface area contributed by atoms with Crippen LogP contribution in [0.4, 0.5) is 0 Å². The molecule has 1 N–H and O–H groups in total. The van der Waals surface area contributed by atoms with E-state index in [-0.39, 0.29) is 12.2 Å². The second kappa shape index (κ2) is 3.43. The molecule has 0 aliphatic heterocycles. The van der Waals surface area contributed by atoms with E-state index in [9.17, 15) is 9.59 Å². The lowest BCUT2D eigenvalue weighted by Gasteiger charge is -2.00. The van der Waals surface area contributed by atoms with E-state index in [1.54, 1.807) is 19.9 Å². The Morgan fingerprint density at radius 3 is 2.62 bits per heavy atom. The Kier molecular flexibility index (Phi) is 2.51. The first kappa shape index (κ1) is 9.51. The second-order valence-electron chi connectivity index (χ2n) is 2.88. The zero-order valence-electron chi connectivity index (χ0n) is 7.46. The van der Waals surface area contributed by atoms with Crippen LogP contribution in [0.3, 0.4) is 0 Å². The number of aryl methyl sites for hydroxylation is 1. The van der Waals surface area contributed by atoms with Gasteiger partial charge in [-0.3, -0.25) is 4.79 Å². The van der Waals surface area contributed by atoms with E-state index in [0.717, 1.165) is 5.56 Å². The highest BCUT2D eigenvalue weighted by Gasteiger charge is 2.07. The molecule has 0 bridgehead atoms. The first-order chi connectivity index (χ1) is 6.00. The van der Waals surface area contributed by atoms with E-state index >= 15 is 0 Å². The Morgan fingerprint density at radius 2 is 2.15 bits per heavy atom. The number of carbonyl (C=O) groups is 1.